The van der Waals surface area contributed by atoms with Crippen molar-refractivity contribution in [2.45, 2.75) is 25.8 Å². The average molecular weight is 264 g/mol. The summed E-state index contributed by atoms with van der Waals surface area (Å²) in [5.41, 5.74) is 1.17. The van der Waals surface area contributed by atoms with Crippen molar-refractivity contribution in [1.82, 2.24) is 10.3 Å². The largest absolute Gasteiger partial charge is 0.383 e. The number of pyridine rings is 1. The second-order valence-electron chi connectivity index (χ2n) is 4.40. The van der Waals surface area contributed by atoms with Crippen molar-refractivity contribution in [3.05, 3.63) is 29.4 Å². The first-order valence-corrected chi connectivity index (χ1v) is 7.26. The number of aromatic nitrogens is 1. The predicted molar refractivity (Wildman–Crippen MR) is 77.3 cm³/mol. The van der Waals surface area contributed by atoms with Crippen LogP contribution in [-0.4, -0.2) is 31.3 Å². The molecule has 0 aromatic carbocycles. The van der Waals surface area contributed by atoms with Crippen LogP contribution < -0.4 is 5.32 Å². The van der Waals surface area contributed by atoms with Gasteiger partial charge in [0.2, 0.25) is 0 Å². The Morgan fingerprint density at radius 1 is 1.44 bits per heavy atom. The minimum Gasteiger partial charge on any atom is -0.383 e. The van der Waals surface area contributed by atoms with E-state index in [4.69, 9.17) is 4.74 Å². The molecule has 4 heteroatoms. The molecule has 0 aliphatic rings. The monoisotopic (exact) mass is 264 g/mol. The summed E-state index contributed by atoms with van der Waals surface area (Å²) in [4.78, 5) is 4.52. The third-order valence-electron chi connectivity index (χ3n) is 2.95. The van der Waals surface area contributed by atoms with Crippen molar-refractivity contribution in [3.8, 4) is 0 Å². The predicted octanol–water partition coefficient (Wildman–Crippen LogP) is 2.85. The third-order valence-corrected chi connectivity index (χ3v) is 3.84. The van der Waals surface area contributed by atoms with Crippen LogP contribution in [-0.2, 0) is 11.2 Å². The highest BCUT2D eigenvalue weighted by Crippen LogP contribution is 2.23. The summed E-state index contributed by atoms with van der Waals surface area (Å²) in [6, 6.07) is 4.58. The van der Waals surface area contributed by atoms with Gasteiger partial charge in [-0.05, 0) is 30.5 Å². The van der Waals surface area contributed by atoms with Crippen molar-refractivity contribution in [2.24, 2.45) is 0 Å². The number of fused-ring (bicyclic) bond motifs is 1. The summed E-state index contributed by atoms with van der Waals surface area (Å²) in [5, 5.41) is 6.92. The Hall–Kier alpha value is -0.970. The van der Waals surface area contributed by atoms with E-state index in [-0.39, 0.29) is 0 Å². The van der Waals surface area contributed by atoms with Crippen molar-refractivity contribution in [1.29, 1.82) is 0 Å². The van der Waals surface area contributed by atoms with Gasteiger partial charge in [0.15, 0.2) is 0 Å². The molecule has 0 fully saturated rings. The van der Waals surface area contributed by atoms with Gasteiger partial charge in [0, 0.05) is 35.9 Å². The van der Waals surface area contributed by atoms with E-state index >= 15 is 0 Å². The van der Waals surface area contributed by atoms with Crippen LogP contribution in [0.25, 0.3) is 10.1 Å². The fourth-order valence-corrected chi connectivity index (χ4v) is 2.89. The number of rotatable bonds is 7. The lowest BCUT2D eigenvalue weighted by molar-refractivity contribution is 0.166. The molecule has 0 aliphatic heterocycles. The quantitative estimate of drug-likeness (QED) is 0.835. The normalized spacial score (nSPS) is 13.0. The van der Waals surface area contributed by atoms with Gasteiger partial charge in [0.05, 0.1) is 12.3 Å². The van der Waals surface area contributed by atoms with E-state index in [1.165, 1.54) is 15.8 Å². The molecule has 1 N–H and O–H groups in total. The summed E-state index contributed by atoms with van der Waals surface area (Å²) < 4.78 is 6.59. The Bertz CT molecular complexity index is 483. The zero-order valence-corrected chi connectivity index (χ0v) is 11.8. The molecule has 2 heterocycles. The number of ether oxygens (including phenoxy) is 1. The van der Waals surface area contributed by atoms with Gasteiger partial charge < -0.3 is 10.1 Å². The highest BCUT2D eigenvalue weighted by atomic mass is 32.1. The molecule has 18 heavy (non-hydrogen) atoms. The molecular weight excluding hydrogens is 244 g/mol. The Morgan fingerprint density at radius 3 is 3.11 bits per heavy atom. The zero-order chi connectivity index (χ0) is 12.8. The van der Waals surface area contributed by atoms with Crippen LogP contribution in [0.2, 0.25) is 0 Å². The summed E-state index contributed by atoms with van der Waals surface area (Å²) in [6.07, 6.45) is 3.95. The van der Waals surface area contributed by atoms with Gasteiger partial charge in [0.25, 0.3) is 0 Å². The van der Waals surface area contributed by atoms with Gasteiger partial charge >= 0.3 is 0 Å². The van der Waals surface area contributed by atoms with Gasteiger partial charge in [-0.25, -0.2) is 0 Å². The molecule has 0 bridgehead atoms. The maximum atomic E-state index is 5.28. The number of methoxy groups -OCH3 is 1. The van der Waals surface area contributed by atoms with Gasteiger partial charge in [0.1, 0.15) is 0 Å². The van der Waals surface area contributed by atoms with Crippen LogP contribution in [0.1, 0.15) is 19.0 Å². The lowest BCUT2D eigenvalue weighted by atomic mass is 10.1. The van der Waals surface area contributed by atoms with Crippen molar-refractivity contribution >= 4 is 21.4 Å². The summed E-state index contributed by atoms with van der Waals surface area (Å²) in [7, 11) is 1.75. The first-order chi connectivity index (χ1) is 8.85. The molecule has 0 aliphatic carbocycles. The number of nitrogens with one attached hydrogen (secondary N) is 1. The molecule has 3 nitrogen and oxygen atoms in total. The van der Waals surface area contributed by atoms with E-state index in [0.717, 1.165) is 26.0 Å². The van der Waals surface area contributed by atoms with E-state index < -0.39 is 0 Å². The Kier molecular flexibility index (Phi) is 5.11. The van der Waals surface area contributed by atoms with Crippen LogP contribution in [0.4, 0.5) is 0 Å². The fraction of sp³-hybridized carbons (Fsp3) is 0.500. The first-order valence-electron chi connectivity index (χ1n) is 6.38. The van der Waals surface area contributed by atoms with Crippen LogP contribution in [0.5, 0.6) is 0 Å². The van der Waals surface area contributed by atoms with Gasteiger partial charge in [-0.1, -0.05) is 6.92 Å². The van der Waals surface area contributed by atoms with Crippen molar-refractivity contribution in [2.75, 3.05) is 20.3 Å². The van der Waals surface area contributed by atoms with Crippen LogP contribution in [0, 0.1) is 0 Å². The smallest absolute Gasteiger partial charge is 0.0619 e. The molecule has 0 radical (unpaired) electrons. The van der Waals surface area contributed by atoms with Crippen LogP contribution >= 0.6 is 11.3 Å². The van der Waals surface area contributed by atoms with E-state index in [1.54, 1.807) is 18.4 Å². The van der Waals surface area contributed by atoms with Gasteiger partial charge in [-0.15, -0.1) is 11.3 Å². The SMILES string of the molecule is CCCNC(COC)Cc1nccc2sccc12. The minimum absolute atomic E-state index is 0.341. The van der Waals surface area contributed by atoms with E-state index in [9.17, 15) is 0 Å². The number of hydrogen-bond acceptors (Lipinski definition) is 4. The molecule has 0 saturated carbocycles. The molecule has 0 saturated heterocycles. The van der Waals surface area contributed by atoms with Crippen LogP contribution in [0.3, 0.4) is 0 Å². The highest BCUT2D eigenvalue weighted by Gasteiger charge is 2.12. The van der Waals surface area contributed by atoms with Gasteiger partial charge in [-0.3, -0.25) is 4.98 Å². The summed E-state index contributed by atoms with van der Waals surface area (Å²) in [5.74, 6) is 0. The molecule has 0 amide bonds. The molecule has 1 atom stereocenters. The topological polar surface area (TPSA) is 34.1 Å². The van der Waals surface area contributed by atoms with Gasteiger partial charge in [-0.2, -0.15) is 0 Å². The standard InChI is InChI=1S/C14H20N2OS/c1-3-6-15-11(10-17-2)9-13-12-5-8-18-14(12)4-7-16-13/h4-5,7-8,11,15H,3,6,9-10H2,1-2H3. The number of hydrogen-bond donors (Lipinski definition) is 1. The molecule has 2 rings (SSSR count). The minimum atomic E-state index is 0.341. The second kappa shape index (κ2) is 6.83. The van der Waals surface area contributed by atoms with Crippen LogP contribution in [0.15, 0.2) is 23.7 Å². The molecule has 2 aromatic rings. The van der Waals surface area contributed by atoms with E-state index in [2.05, 4.69) is 34.7 Å². The molecule has 98 valence electrons. The average Bonchev–Trinajstić information content (AvgIpc) is 2.85. The molecule has 2 aromatic heterocycles. The maximum Gasteiger partial charge on any atom is 0.0619 e. The van der Waals surface area contributed by atoms with Crippen molar-refractivity contribution in [3.63, 3.8) is 0 Å². The summed E-state index contributed by atoms with van der Waals surface area (Å²) in [6.45, 7) is 3.92. The Labute approximate surface area is 112 Å². The second-order valence-corrected chi connectivity index (χ2v) is 5.35. The fourth-order valence-electron chi connectivity index (χ4n) is 2.09. The number of thiophene rings is 1. The molecule has 0 spiro atoms. The Balaban J connectivity index is 2.12. The van der Waals surface area contributed by atoms with E-state index in [0.29, 0.717) is 6.04 Å². The zero-order valence-electron chi connectivity index (χ0n) is 11.0. The Morgan fingerprint density at radius 2 is 2.33 bits per heavy atom. The lowest BCUT2D eigenvalue weighted by Gasteiger charge is -2.17. The van der Waals surface area contributed by atoms with E-state index in [1.807, 2.05) is 6.20 Å². The molecular formula is C14H20N2OS. The first kappa shape index (κ1) is 13.5. The third kappa shape index (κ3) is 3.28. The maximum absolute atomic E-state index is 5.28. The van der Waals surface area contributed by atoms with Crippen molar-refractivity contribution < 1.29 is 4.74 Å². The molecule has 1 unspecified atom stereocenters. The highest BCUT2D eigenvalue weighted by molar-refractivity contribution is 7.17. The summed E-state index contributed by atoms with van der Waals surface area (Å²) >= 11 is 1.77. The lowest BCUT2D eigenvalue weighted by Crippen LogP contribution is -2.35. The number of nitrogens with zero attached hydrogens (tertiary/aromatic N) is 1.